The van der Waals surface area contributed by atoms with Crippen molar-refractivity contribution in [2.24, 2.45) is 0 Å². The number of benzene rings is 2. The Morgan fingerprint density at radius 2 is 1.73 bits per heavy atom. The number of carbonyl (C=O) groups is 1. The summed E-state index contributed by atoms with van der Waals surface area (Å²) in [4.78, 5) is 20.3. The summed E-state index contributed by atoms with van der Waals surface area (Å²) in [6, 6.07) is 9.34. The second-order valence-electron chi connectivity index (χ2n) is 5.07. The van der Waals surface area contributed by atoms with E-state index < -0.39 is 17.5 Å². The molecule has 0 unspecified atom stereocenters. The predicted molar refractivity (Wildman–Crippen MR) is 96.1 cm³/mol. The first-order valence-corrected chi connectivity index (χ1v) is 8.00. The number of amides is 1. The minimum Gasteiger partial charge on any atom is -0.322 e. The molecule has 9 heteroatoms. The predicted octanol–water partition coefficient (Wildman–Crippen LogP) is 5.06. The van der Waals surface area contributed by atoms with Crippen molar-refractivity contribution in [3.63, 3.8) is 0 Å². The van der Waals surface area contributed by atoms with E-state index in [1.54, 1.807) is 18.2 Å². The molecule has 132 valence electrons. The quantitative estimate of drug-likeness (QED) is 0.648. The van der Waals surface area contributed by atoms with Crippen LogP contribution in [0.15, 0.2) is 48.7 Å². The Morgan fingerprint density at radius 3 is 2.42 bits per heavy atom. The molecule has 1 amide bonds. The van der Waals surface area contributed by atoms with Gasteiger partial charge >= 0.3 is 0 Å². The van der Waals surface area contributed by atoms with E-state index in [4.69, 9.17) is 23.2 Å². The second kappa shape index (κ2) is 7.63. The zero-order valence-electron chi connectivity index (χ0n) is 12.9. The topological polar surface area (TPSA) is 66.9 Å². The first kappa shape index (κ1) is 18.0. The molecule has 26 heavy (non-hydrogen) atoms. The molecule has 3 aromatic rings. The molecule has 5 nitrogen and oxygen atoms in total. The van der Waals surface area contributed by atoms with E-state index in [9.17, 15) is 13.6 Å². The number of carbonyl (C=O) groups excluding carboxylic acids is 1. The van der Waals surface area contributed by atoms with Crippen molar-refractivity contribution in [1.82, 2.24) is 9.97 Å². The van der Waals surface area contributed by atoms with Gasteiger partial charge in [0.15, 0.2) is 11.6 Å². The van der Waals surface area contributed by atoms with Crippen molar-refractivity contribution in [1.29, 1.82) is 0 Å². The molecular formula is C17H10Cl2F2N4O. The van der Waals surface area contributed by atoms with Gasteiger partial charge in [-0.1, -0.05) is 29.3 Å². The van der Waals surface area contributed by atoms with Gasteiger partial charge in [0.05, 0.1) is 15.7 Å². The third-order valence-corrected chi connectivity index (χ3v) is 3.90. The third kappa shape index (κ3) is 4.07. The second-order valence-corrected chi connectivity index (χ2v) is 5.88. The molecule has 2 aromatic carbocycles. The monoisotopic (exact) mass is 394 g/mol. The zero-order valence-corrected chi connectivity index (χ0v) is 14.4. The lowest BCUT2D eigenvalue weighted by Gasteiger charge is -2.10. The van der Waals surface area contributed by atoms with Crippen LogP contribution < -0.4 is 10.6 Å². The maximum Gasteiger partial charge on any atom is 0.274 e. The fraction of sp³-hybridized carbons (Fsp3) is 0. The minimum absolute atomic E-state index is 0.00964. The van der Waals surface area contributed by atoms with Crippen LogP contribution >= 0.6 is 23.2 Å². The van der Waals surface area contributed by atoms with E-state index in [1.807, 2.05) is 0 Å². The van der Waals surface area contributed by atoms with Gasteiger partial charge in [0.25, 0.3) is 5.91 Å². The van der Waals surface area contributed by atoms with Crippen molar-refractivity contribution in [2.45, 2.75) is 0 Å². The summed E-state index contributed by atoms with van der Waals surface area (Å²) >= 11 is 12.1. The Morgan fingerprint density at radius 1 is 1.00 bits per heavy atom. The van der Waals surface area contributed by atoms with Gasteiger partial charge in [-0.05, 0) is 30.3 Å². The molecule has 0 saturated carbocycles. The Kier molecular flexibility index (Phi) is 5.29. The lowest BCUT2D eigenvalue weighted by atomic mass is 10.3. The number of nitrogens with zero attached hydrogens (tertiary/aromatic N) is 2. The van der Waals surface area contributed by atoms with E-state index in [0.29, 0.717) is 15.7 Å². The van der Waals surface area contributed by atoms with Crippen LogP contribution in [0.25, 0.3) is 0 Å². The number of anilines is 3. The van der Waals surface area contributed by atoms with Crippen molar-refractivity contribution in [2.75, 3.05) is 10.6 Å². The van der Waals surface area contributed by atoms with Gasteiger partial charge < -0.3 is 10.6 Å². The first-order chi connectivity index (χ1) is 12.4. The van der Waals surface area contributed by atoms with Crippen molar-refractivity contribution >= 4 is 46.4 Å². The number of rotatable bonds is 4. The average molecular weight is 395 g/mol. The molecule has 0 aliphatic rings. The lowest BCUT2D eigenvalue weighted by Crippen LogP contribution is -2.15. The van der Waals surface area contributed by atoms with Crippen LogP contribution in [0, 0.1) is 11.6 Å². The van der Waals surface area contributed by atoms with Crippen molar-refractivity contribution in [3.8, 4) is 0 Å². The van der Waals surface area contributed by atoms with Crippen LogP contribution in [-0.2, 0) is 0 Å². The molecule has 1 heterocycles. The van der Waals surface area contributed by atoms with Gasteiger partial charge in [0.2, 0.25) is 5.95 Å². The third-order valence-electron chi connectivity index (χ3n) is 3.27. The molecule has 0 fully saturated rings. The number of hydrogen-bond donors (Lipinski definition) is 2. The molecule has 0 saturated heterocycles. The minimum atomic E-state index is -1.07. The first-order valence-electron chi connectivity index (χ1n) is 7.24. The molecule has 0 aliphatic carbocycles. The van der Waals surface area contributed by atoms with E-state index in [2.05, 4.69) is 20.6 Å². The molecule has 0 aliphatic heterocycles. The van der Waals surface area contributed by atoms with Gasteiger partial charge in [-0.3, -0.25) is 4.79 Å². The number of halogens is 4. The van der Waals surface area contributed by atoms with E-state index in [-0.39, 0.29) is 17.3 Å². The van der Waals surface area contributed by atoms with E-state index in [0.717, 1.165) is 12.1 Å². The fourth-order valence-electron chi connectivity index (χ4n) is 2.04. The molecule has 1 aromatic heterocycles. The summed E-state index contributed by atoms with van der Waals surface area (Å²) in [5, 5.41) is 5.98. The van der Waals surface area contributed by atoms with Gasteiger partial charge in [-0.15, -0.1) is 0 Å². The Hall–Kier alpha value is -2.77. The maximum absolute atomic E-state index is 13.2. The van der Waals surface area contributed by atoms with Gasteiger partial charge in [0, 0.05) is 18.0 Å². The summed E-state index contributed by atoms with van der Waals surface area (Å²) in [7, 11) is 0. The number of aromatic nitrogens is 2. The zero-order chi connectivity index (χ0) is 18.7. The van der Waals surface area contributed by atoms with E-state index >= 15 is 0 Å². The van der Waals surface area contributed by atoms with Crippen LogP contribution in [0.4, 0.5) is 26.1 Å². The lowest BCUT2D eigenvalue weighted by molar-refractivity contribution is 0.102. The van der Waals surface area contributed by atoms with Crippen molar-refractivity contribution < 1.29 is 13.6 Å². The highest BCUT2D eigenvalue weighted by atomic mass is 35.5. The molecule has 0 bridgehead atoms. The fourth-order valence-corrected chi connectivity index (χ4v) is 2.54. The molecular weight excluding hydrogens is 385 g/mol. The highest BCUT2D eigenvalue weighted by Gasteiger charge is 2.12. The van der Waals surface area contributed by atoms with Gasteiger partial charge in [-0.2, -0.15) is 0 Å². The molecule has 0 radical (unpaired) electrons. The largest absolute Gasteiger partial charge is 0.322 e. The average Bonchev–Trinajstić information content (AvgIpc) is 2.62. The van der Waals surface area contributed by atoms with E-state index in [1.165, 1.54) is 18.3 Å². The number of hydrogen-bond acceptors (Lipinski definition) is 4. The Bertz CT molecular complexity index is 964. The Balaban J connectivity index is 1.80. The number of nitrogens with one attached hydrogen (secondary N) is 2. The maximum atomic E-state index is 13.2. The van der Waals surface area contributed by atoms with Crippen LogP contribution in [0.5, 0.6) is 0 Å². The van der Waals surface area contributed by atoms with Crippen LogP contribution in [0.3, 0.4) is 0 Å². The molecule has 0 spiro atoms. The Labute approximate surface area is 157 Å². The summed E-state index contributed by atoms with van der Waals surface area (Å²) in [6.45, 7) is 0. The molecule has 3 rings (SSSR count). The highest BCUT2D eigenvalue weighted by molar-refractivity contribution is 6.39. The molecule has 2 N–H and O–H groups in total. The number of para-hydroxylation sites is 1. The van der Waals surface area contributed by atoms with Crippen molar-refractivity contribution in [3.05, 3.63) is 76.0 Å². The molecule has 0 atom stereocenters. The standard InChI is InChI=1S/C17H10Cl2F2N4O/c18-10-2-1-3-11(19)15(10)25-17-22-7-6-14(24-17)16(26)23-9-4-5-12(20)13(21)8-9/h1-8H,(H,23,26)(H,22,24,25). The summed E-state index contributed by atoms with van der Waals surface area (Å²) in [5.74, 6) is -2.60. The summed E-state index contributed by atoms with van der Waals surface area (Å²) in [5.41, 5.74) is 0.501. The van der Waals surface area contributed by atoms with Crippen LogP contribution in [0.1, 0.15) is 10.5 Å². The van der Waals surface area contributed by atoms with Crippen LogP contribution in [-0.4, -0.2) is 15.9 Å². The highest BCUT2D eigenvalue weighted by Crippen LogP contribution is 2.31. The van der Waals surface area contributed by atoms with Gasteiger partial charge in [-0.25, -0.2) is 18.7 Å². The SMILES string of the molecule is O=C(Nc1ccc(F)c(F)c1)c1ccnc(Nc2c(Cl)cccc2Cl)n1. The summed E-state index contributed by atoms with van der Waals surface area (Å²) < 4.78 is 26.2. The normalized spacial score (nSPS) is 10.5. The van der Waals surface area contributed by atoms with Gasteiger partial charge in [0.1, 0.15) is 5.69 Å². The summed E-state index contributed by atoms with van der Waals surface area (Å²) in [6.07, 6.45) is 1.36. The smallest absolute Gasteiger partial charge is 0.274 e. The van der Waals surface area contributed by atoms with Crippen LogP contribution in [0.2, 0.25) is 10.0 Å².